The molecule has 28 heavy (non-hydrogen) atoms. The van der Waals surface area contributed by atoms with Crippen molar-refractivity contribution in [3.05, 3.63) is 99.8 Å². The molecule has 0 fully saturated rings. The summed E-state index contributed by atoms with van der Waals surface area (Å²) in [4.78, 5) is 4.65. The van der Waals surface area contributed by atoms with Crippen molar-refractivity contribution in [2.24, 2.45) is 4.99 Å². The highest BCUT2D eigenvalue weighted by Crippen LogP contribution is 2.24. The van der Waals surface area contributed by atoms with Crippen LogP contribution in [0.25, 0.3) is 5.57 Å². The van der Waals surface area contributed by atoms with E-state index in [4.69, 9.17) is 0 Å². The first-order chi connectivity index (χ1) is 13.6. The zero-order chi connectivity index (χ0) is 19.9. The minimum absolute atomic E-state index is 0.654. The van der Waals surface area contributed by atoms with Gasteiger partial charge in [-0.25, -0.2) is 0 Å². The van der Waals surface area contributed by atoms with Crippen molar-refractivity contribution in [2.45, 2.75) is 40.7 Å². The number of rotatable bonds is 5. The van der Waals surface area contributed by atoms with E-state index in [-0.39, 0.29) is 0 Å². The number of aliphatic imine (C=N–C) groups is 1. The van der Waals surface area contributed by atoms with Crippen LogP contribution < -0.4 is 5.32 Å². The molecule has 3 rings (SSSR count). The average molecular weight is 371 g/mol. The van der Waals surface area contributed by atoms with Gasteiger partial charge >= 0.3 is 0 Å². The average Bonchev–Trinajstić information content (AvgIpc) is 2.77. The van der Waals surface area contributed by atoms with Crippen molar-refractivity contribution < 1.29 is 0 Å². The van der Waals surface area contributed by atoms with E-state index < -0.39 is 0 Å². The number of nitrogens with one attached hydrogen (secondary N) is 1. The Morgan fingerprint density at radius 2 is 1.68 bits per heavy atom. The lowest BCUT2D eigenvalue weighted by Crippen LogP contribution is -2.15. The van der Waals surface area contributed by atoms with Crippen LogP contribution in [0.2, 0.25) is 0 Å². The van der Waals surface area contributed by atoms with E-state index in [1.54, 1.807) is 0 Å². The maximum Gasteiger partial charge on any atom is 0.0786 e. The Kier molecular flexibility index (Phi) is 6.65. The summed E-state index contributed by atoms with van der Waals surface area (Å²) in [6.45, 7) is 10.1. The monoisotopic (exact) mass is 370 g/mol. The summed E-state index contributed by atoms with van der Waals surface area (Å²) in [5, 5.41) is 3.62. The first-order valence-electron chi connectivity index (χ1n) is 10.0. The van der Waals surface area contributed by atoms with Gasteiger partial charge in [0.25, 0.3) is 0 Å². The molecule has 0 unspecified atom stereocenters. The Bertz CT molecular complexity index is 958. The van der Waals surface area contributed by atoms with Gasteiger partial charge in [-0.2, -0.15) is 0 Å². The number of nitrogens with zero attached hydrogens (tertiary/aromatic N) is 1. The Labute approximate surface area is 169 Å². The number of hydrogen-bond acceptors (Lipinski definition) is 2. The first kappa shape index (κ1) is 19.9. The number of allylic oxidation sites excluding steroid dienone is 5. The molecule has 1 heterocycles. The largest absolute Gasteiger partial charge is 0.383 e. The highest BCUT2D eigenvalue weighted by atomic mass is 14.9. The van der Waals surface area contributed by atoms with Crippen LogP contribution >= 0.6 is 0 Å². The molecule has 1 aliphatic rings. The van der Waals surface area contributed by atoms with Crippen LogP contribution in [0.4, 0.5) is 0 Å². The molecule has 0 spiro atoms. The van der Waals surface area contributed by atoms with Gasteiger partial charge in [0.05, 0.1) is 6.54 Å². The second-order valence-electron chi connectivity index (χ2n) is 7.45. The molecule has 2 aromatic rings. The zero-order valence-electron chi connectivity index (χ0n) is 17.4. The lowest BCUT2D eigenvalue weighted by molar-refractivity contribution is 0.787. The molecule has 0 bridgehead atoms. The molecular formula is C26H30N2. The van der Waals surface area contributed by atoms with Gasteiger partial charge < -0.3 is 5.32 Å². The summed E-state index contributed by atoms with van der Waals surface area (Å²) in [5.74, 6) is 0. The van der Waals surface area contributed by atoms with E-state index in [0.29, 0.717) is 6.54 Å². The Morgan fingerprint density at radius 1 is 0.893 bits per heavy atom. The summed E-state index contributed by atoms with van der Waals surface area (Å²) in [6, 6.07) is 17.3. The second kappa shape index (κ2) is 9.36. The van der Waals surface area contributed by atoms with Crippen LogP contribution in [0, 0.1) is 6.92 Å². The molecular weight excluding hydrogens is 340 g/mol. The smallest absolute Gasteiger partial charge is 0.0786 e. The molecule has 2 aromatic carbocycles. The Morgan fingerprint density at radius 3 is 2.46 bits per heavy atom. The molecule has 1 N–H and O–H groups in total. The van der Waals surface area contributed by atoms with Crippen LogP contribution in [0.3, 0.4) is 0 Å². The molecule has 0 saturated heterocycles. The fraction of sp³-hybridized carbons (Fsp3) is 0.269. The van der Waals surface area contributed by atoms with E-state index in [0.717, 1.165) is 18.7 Å². The standard InChI is InChI=1S/C26H30N2/c1-5-22-10-8-11-23(14-22)17-28-25-15-24(26-12-7-6-9-19(26)2)13-20(3)21(4)16-27-18-25/h6-16,28H,5,17-18H2,1-4H3/b21-20+,24-13+,25-15+,27-16?. The molecule has 2 nitrogen and oxygen atoms in total. The molecule has 1 aliphatic heterocycles. The van der Waals surface area contributed by atoms with E-state index in [1.807, 2.05) is 6.21 Å². The van der Waals surface area contributed by atoms with Crippen molar-refractivity contribution >= 4 is 11.8 Å². The van der Waals surface area contributed by atoms with E-state index in [1.165, 1.54) is 39.0 Å². The van der Waals surface area contributed by atoms with Crippen molar-refractivity contribution in [1.82, 2.24) is 5.32 Å². The molecule has 0 atom stereocenters. The third kappa shape index (κ3) is 5.10. The minimum atomic E-state index is 0.654. The molecule has 0 saturated carbocycles. The SMILES string of the molecule is CCc1cccc(CN/C2=C/C(c3ccccc3C)=C\C(C)=C(/C)C=NC2)c1. The van der Waals surface area contributed by atoms with Crippen molar-refractivity contribution in [3.63, 3.8) is 0 Å². The van der Waals surface area contributed by atoms with E-state index >= 15 is 0 Å². The lowest BCUT2D eigenvalue weighted by atomic mass is 9.97. The second-order valence-corrected chi connectivity index (χ2v) is 7.45. The molecule has 0 aromatic heterocycles. The molecule has 0 amide bonds. The normalized spacial score (nSPS) is 21.0. The Balaban J connectivity index is 1.92. The van der Waals surface area contributed by atoms with Gasteiger partial charge in [0, 0.05) is 18.5 Å². The molecule has 0 radical (unpaired) electrons. The number of aryl methyl sites for hydroxylation is 2. The maximum absolute atomic E-state index is 4.65. The summed E-state index contributed by atoms with van der Waals surface area (Å²) in [5.41, 5.74) is 10.0. The van der Waals surface area contributed by atoms with Gasteiger partial charge in [-0.3, -0.25) is 4.99 Å². The Hall–Kier alpha value is -2.87. The van der Waals surface area contributed by atoms with Gasteiger partial charge in [-0.1, -0.05) is 61.5 Å². The van der Waals surface area contributed by atoms with Crippen molar-refractivity contribution in [3.8, 4) is 0 Å². The molecule has 0 aliphatic carbocycles. The first-order valence-corrected chi connectivity index (χ1v) is 10.0. The maximum atomic E-state index is 4.65. The summed E-state index contributed by atoms with van der Waals surface area (Å²) >= 11 is 0. The topological polar surface area (TPSA) is 24.4 Å². The van der Waals surface area contributed by atoms with E-state index in [2.05, 4.69) is 98.7 Å². The fourth-order valence-electron chi connectivity index (χ4n) is 3.34. The van der Waals surface area contributed by atoms with Gasteiger partial charge in [-0.05, 0) is 72.2 Å². The van der Waals surface area contributed by atoms with Crippen LogP contribution in [0.1, 0.15) is 43.0 Å². The van der Waals surface area contributed by atoms with Crippen molar-refractivity contribution in [1.29, 1.82) is 0 Å². The quantitative estimate of drug-likeness (QED) is 0.682. The predicted octanol–water partition coefficient (Wildman–Crippen LogP) is 6.04. The summed E-state index contributed by atoms with van der Waals surface area (Å²) < 4.78 is 0. The third-order valence-corrected chi connectivity index (χ3v) is 5.25. The molecule has 144 valence electrons. The van der Waals surface area contributed by atoms with Crippen molar-refractivity contribution in [2.75, 3.05) is 6.54 Å². The third-order valence-electron chi connectivity index (χ3n) is 5.25. The predicted molar refractivity (Wildman–Crippen MR) is 122 cm³/mol. The zero-order valence-corrected chi connectivity index (χ0v) is 17.4. The van der Waals surface area contributed by atoms with E-state index in [9.17, 15) is 0 Å². The fourth-order valence-corrected chi connectivity index (χ4v) is 3.34. The number of benzene rings is 2. The number of hydrogen-bond donors (Lipinski definition) is 1. The lowest BCUT2D eigenvalue weighted by Gasteiger charge is -2.13. The summed E-state index contributed by atoms with van der Waals surface area (Å²) in [6.07, 6.45) is 7.57. The highest BCUT2D eigenvalue weighted by molar-refractivity contribution is 5.84. The van der Waals surface area contributed by atoms with Gasteiger partial charge in [-0.15, -0.1) is 0 Å². The van der Waals surface area contributed by atoms with Gasteiger partial charge in [0.2, 0.25) is 0 Å². The highest BCUT2D eigenvalue weighted by Gasteiger charge is 2.08. The van der Waals surface area contributed by atoms with Gasteiger partial charge in [0.15, 0.2) is 0 Å². The van der Waals surface area contributed by atoms with Crippen LogP contribution in [-0.2, 0) is 13.0 Å². The van der Waals surface area contributed by atoms with Crippen LogP contribution in [0.15, 0.2) is 82.5 Å². The van der Waals surface area contributed by atoms with Crippen LogP contribution in [-0.4, -0.2) is 12.8 Å². The minimum Gasteiger partial charge on any atom is -0.383 e. The van der Waals surface area contributed by atoms with Gasteiger partial charge in [0.1, 0.15) is 0 Å². The van der Waals surface area contributed by atoms with Crippen LogP contribution in [0.5, 0.6) is 0 Å². The summed E-state index contributed by atoms with van der Waals surface area (Å²) in [7, 11) is 0. The molecule has 2 heteroatoms.